The van der Waals surface area contributed by atoms with Crippen molar-refractivity contribution in [1.29, 1.82) is 0 Å². The smallest absolute Gasteiger partial charge is 0.207 e. The van der Waals surface area contributed by atoms with E-state index in [4.69, 9.17) is 0 Å². The van der Waals surface area contributed by atoms with E-state index >= 15 is 0 Å². The molecule has 108 valence electrons. The first kappa shape index (κ1) is 12.9. The Morgan fingerprint density at radius 1 is 1.10 bits per heavy atom. The SMILES string of the molecule is Cc1cc[n+]2c(c1)-c1c(F)cc(F)cc1C1(C)CCC21C. The number of hydrogen-bond donors (Lipinski definition) is 0. The second-order valence-corrected chi connectivity index (χ2v) is 6.88. The molecule has 1 aromatic carbocycles. The van der Waals surface area contributed by atoms with Crippen molar-refractivity contribution >= 4 is 0 Å². The largest absolute Gasteiger partial charge is 0.216 e. The van der Waals surface area contributed by atoms with Crippen LogP contribution in [0, 0.1) is 18.6 Å². The number of benzene rings is 1. The minimum absolute atomic E-state index is 0.108. The van der Waals surface area contributed by atoms with Crippen molar-refractivity contribution in [1.82, 2.24) is 0 Å². The van der Waals surface area contributed by atoms with E-state index < -0.39 is 11.6 Å². The molecule has 2 heterocycles. The van der Waals surface area contributed by atoms with E-state index in [0.29, 0.717) is 5.56 Å². The van der Waals surface area contributed by atoms with E-state index in [1.165, 1.54) is 6.07 Å². The summed E-state index contributed by atoms with van der Waals surface area (Å²) in [6, 6.07) is 6.58. The molecule has 3 heteroatoms. The number of aryl methyl sites for hydroxylation is 1. The van der Waals surface area contributed by atoms with Gasteiger partial charge in [0.2, 0.25) is 5.69 Å². The number of hydrogen-bond acceptors (Lipinski definition) is 0. The molecule has 2 atom stereocenters. The molecule has 4 rings (SSSR count). The third kappa shape index (κ3) is 1.37. The first-order valence-electron chi connectivity index (χ1n) is 7.39. The second kappa shape index (κ2) is 3.70. The maximum absolute atomic E-state index is 14.5. The minimum atomic E-state index is -0.483. The zero-order chi connectivity index (χ0) is 15.0. The normalized spacial score (nSPS) is 29.2. The van der Waals surface area contributed by atoms with Crippen molar-refractivity contribution in [3.05, 3.63) is 53.2 Å². The van der Waals surface area contributed by atoms with Crippen molar-refractivity contribution in [2.45, 2.75) is 44.6 Å². The first-order valence-corrected chi connectivity index (χ1v) is 7.39. The van der Waals surface area contributed by atoms with Crippen molar-refractivity contribution in [2.75, 3.05) is 0 Å². The zero-order valence-electron chi connectivity index (χ0n) is 12.5. The van der Waals surface area contributed by atoms with Gasteiger partial charge in [0.05, 0.1) is 11.0 Å². The van der Waals surface area contributed by atoms with E-state index in [2.05, 4.69) is 24.5 Å². The van der Waals surface area contributed by atoms with Crippen LogP contribution in [0.5, 0.6) is 0 Å². The molecule has 1 nitrogen and oxygen atoms in total. The number of aromatic nitrogens is 1. The lowest BCUT2D eigenvalue weighted by Crippen LogP contribution is -2.73. The molecule has 0 bridgehead atoms. The summed E-state index contributed by atoms with van der Waals surface area (Å²) >= 11 is 0. The highest BCUT2D eigenvalue weighted by Crippen LogP contribution is 2.58. The van der Waals surface area contributed by atoms with Crippen LogP contribution in [0.2, 0.25) is 0 Å². The van der Waals surface area contributed by atoms with Gasteiger partial charge in [-0.3, -0.25) is 0 Å². The van der Waals surface area contributed by atoms with Crippen molar-refractivity contribution in [2.24, 2.45) is 0 Å². The lowest BCUT2D eigenvalue weighted by Gasteiger charge is -2.54. The van der Waals surface area contributed by atoms with Gasteiger partial charge in [-0.05, 0) is 37.5 Å². The Morgan fingerprint density at radius 3 is 2.52 bits per heavy atom. The number of pyridine rings is 1. The standard InChI is InChI=1S/C18H18F2N/c1-11-4-7-21-15(8-11)16-13(9-12(19)10-14(16)20)17(2)5-6-18(17,21)3/h4,7-10H,5-6H2,1-3H3/q+1. The molecule has 1 saturated carbocycles. The summed E-state index contributed by atoms with van der Waals surface area (Å²) in [4.78, 5) is 0. The fourth-order valence-corrected chi connectivity index (χ4v) is 4.17. The van der Waals surface area contributed by atoms with E-state index in [1.807, 2.05) is 19.2 Å². The average Bonchev–Trinajstić information content (AvgIpc) is 2.42. The fourth-order valence-electron chi connectivity index (χ4n) is 4.17. The third-order valence-corrected chi connectivity index (χ3v) is 5.85. The Balaban J connectivity index is 2.15. The molecule has 2 aromatic rings. The summed E-state index contributed by atoms with van der Waals surface area (Å²) in [5.74, 6) is -0.942. The van der Waals surface area contributed by atoms with Crippen LogP contribution in [0.4, 0.5) is 8.78 Å². The van der Waals surface area contributed by atoms with Gasteiger partial charge < -0.3 is 0 Å². The molecule has 0 amide bonds. The zero-order valence-corrected chi connectivity index (χ0v) is 12.5. The Hall–Kier alpha value is -1.77. The Kier molecular flexibility index (Phi) is 2.28. The number of nitrogens with zero attached hydrogens (tertiary/aromatic N) is 1. The number of halogens is 2. The Labute approximate surface area is 123 Å². The van der Waals surface area contributed by atoms with Crippen molar-refractivity contribution < 1.29 is 13.3 Å². The first-order chi connectivity index (χ1) is 9.87. The summed E-state index contributed by atoms with van der Waals surface area (Å²) in [5, 5.41) is 0. The Morgan fingerprint density at radius 2 is 1.86 bits per heavy atom. The van der Waals surface area contributed by atoms with Gasteiger partial charge in [-0.15, -0.1) is 0 Å². The molecule has 1 aliphatic carbocycles. The van der Waals surface area contributed by atoms with E-state index in [1.54, 1.807) is 0 Å². The monoisotopic (exact) mass is 286 g/mol. The van der Waals surface area contributed by atoms with Crippen LogP contribution < -0.4 is 4.57 Å². The van der Waals surface area contributed by atoms with Crippen LogP contribution in [-0.4, -0.2) is 0 Å². The number of rotatable bonds is 0. The predicted molar refractivity (Wildman–Crippen MR) is 77.0 cm³/mol. The molecule has 0 N–H and O–H groups in total. The van der Waals surface area contributed by atoms with Gasteiger partial charge in [0.1, 0.15) is 11.6 Å². The molecule has 1 fully saturated rings. The summed E-state index contributed by atoms with van der Waals surface area (Å²) in [6.45, 7) is 6.32. The van der Waals surface area contributed by atoms with Crippen LogP contribution in [-0.2, 0) is 11.0 Å². The van der Waals surface area contributed by atoms with Crippen LogP contribution >= 0.6 is 0 Å². The third-order valence-electron chi connectivity index (χ3n) is 5.85. The maximum Gasteiger partial charge on any atom is 0.216 e. The van der Waals surface area contributed by atoms with Gasteiger partial charge in [-0.2, -0.15) is 4.57 Å². The van der Waals surface area contributed by atoms with Gasteiger partial charge in [-0.25, -0.2) is 8.78 Å². The molecule has 0 spiro atoms. The van der Waals surface area contributed by atoms with Crippen LogP contribution in [0.25, 0.3) is 11.3 Å². The highest BCUT2D eigenvalue weighted by molar-refractivity contribution is 5.67. The lowest BCUT2D eigenvalue weighted by molar-refractivity contribution is -0.778. The van der Waals surface area contributed by atoms with E-state index in [0.717, 1.165) is 35.7 Å². The molecule has 0 radical (unpaired) electrons. The summed E-state index contributed by atoms with van der Waals surface area (Å²) < 4.78 is 30.5. The quantitative estimate of drug-likeness (QED) is 0.644. The molecule has 21 heavy (non-hydrogen) atoms. The molecular weight excluding hydrogens is 268 g/mol. The van der Waals surface area contributed by atoms with Crippen LogP contribution in [0.3, 0.4) is 0 Å². The molecule has 2 aliphatic rings. The van der Waals surface area contributed by atoms with Gasteiger partial charge in [0, 0.05) is 31.5 Å². The fraction of sp³-hybridized carbons (Fsp3) is 0.389. The van der Waals surface area contributed by atoms with Gasteiger partial charge in [0.25, 0.3) is 0 Å². The van der Waals surface area contributed by atoms with Gasteiger partial charge in [0.15, 0.2) is 11.7 Å². The second-order valence-electron chi connectivity index (χ2n) is 6.88. The van der Waals surface area contributed by atoms with Gasteiger partial charge in [-0.1, -0.05) is 0 Å². The summed E-state index contributed by atoms with van der Waals surface area (Å²) in [7, 11) is 0. The Bertz CT molecular complexity index is 783. The summed E-state index contributed by atoms with van der Waals surface area (Å²) in [5.41, 5.74) is 3.02. The van der Waals surface area contributed by atoms with Crippen molar-refractivity contribution in [3.63, 3.8) is 0 Å². The molecule has 1 aromatic heterocycles. The van der Waals surface area contributed by atoms with E-state index in [9.17, 15) is 8.78 Å². The predicted octanol–water partition coefficient (Wildman–Crippen LogP) is 4.01. The van der Waals surface area contributed by atoms with Gasteiger partial charge >= 0.3 is 0 Å². The molecule has 0 saturated heterocycles. The van der Waals surface area contributed by atoms with Crippen LogP contribution in [0.15, 0.2) is 30.5 Å². The average molecular weight is 286 g/mol. The topological polar surface area (TPSA) is 3.88 Å². The molecule has 2 unspecified atom stereocenters. The highest BCUT2D eigenvalue weighted by atomic mass is 19.1. The summed E-state index contributed by atoms with van der Waals surface area (Å²) in [6.07, 6.45) is 4.04. The van der Waals surface area contributed by atoms with Crippen molar-refractivity contribution in [3.8, 4) is 11.3 Å². The van der Waals surface area contributed by atoms with Crippen LogP contribution in [0.1, 0.15) is 37.8 Å². The van der Waals surface area contributed by atoms with E-state index in [-0.39, 0.29) is 11.0 Å². The minimum Gasteiger partial charge on any atom is -0.207 e. The molecular formula is C18H18F2N+. The highest BCUT2D eigenvalue weighted by Gasteiger charge is 2.65. The lowest BCUT2D eigenvalue weighted by atomic mass is 9.50. The molecule has 1 aliphatic heterocycles. The number of fused-ring (bicyclic) bond motifs is 6. The maximum atomic E-state index is 14.5.